The van der Waals surface area contributed by atoms with Crippen molar-refractivity contribution in [2.24, 2.45) is 7.05 Å². The lowest BCUT2D eigenvalue weighted by molar-refractivity contribution is 0.132. The molecule has 1 aliphatic heterocycles. The van der Waals surface area contributed by atoms with E-state index in [0.717, 1.165) is 5.69 Å². The van der Waals surface area contributed by atoms with E-state index >= 15 is 0 Å². The van der Waals surface area contributed by atoms with Crippen LogP contribution in [0, 0.1) is 6.92 Å². The van der Waals surface area contributed by atoms with Gasteiger partial charge in [0.25, 0.3) is 15.8 Å². The number of hydrogen-bond acceptors (Lipinski definition) is 4. The average molecular weight is 329 g/mol. The molecule has 7 nitrogen and oxygen atoms in total. The molecule has 0 bridgehead atoms. The van der Waals surface area contributed by atoms with Crippen LogP contribution in [-0.2, 0) is 17.3 Å². The number of pyridine rings is 1. The molecule has 0 amide bonds. The maximum atomic E-state index is 12.0. The number of aromatic nitrogens is 1. The van der Waals surface area contributed by atoms with Crippen molar-refractivity contribution in [2.75, 3.05) is 27.2 Å². The highest BCUT2D eigenvalue weighted by Gasteiger charge is 2.30. The van der Waals surface area contributed by atoms with Gasteiger partial charge < -0.3 is 9.30 Å². The van der Waals surface area contributed by atoms with Crippen molar-refractivity contribution in [3.8, 4) is 5.75 Å². The monoisotopic (exact) mass is 329 g/mol. The zero-order valence-corrected chi connectivity index (χ0v) is 14.3. The van der Waals surface area contributed by atoms with E-state index in [9.17, 15) is 13.2 Å². The van der Waals surface area contributed by atoms with E-state index in [1.807, 2.05) is 13.0 Å². The van der Waals surface area contributed by atoms with Crippen LogP contribution in [0.1, 0.15) is 18.5 Å². The van der Waals surface area contributed by atoms with E-state index in [2.05, 4.69) is 0 Å². The molecule has 8 heteroatoms. The molecule has 1 aromatic heterocycles. The summed E-state index contributed by atoms with van der Waals surface area (Å²) in [4.78, 5) is 11.8. The van der Waals surface area contributed by atoms with Gasteiger partial charge in [0.15, 0.2) is 0 Å². The van der Waals surface area contributed by atoms with Crippen molar-refractivity contribution in [3.05, 3.63) is 28.2 Å². The van der Waals surface area contributed by atoms with Gasteiger partial charge in [-0.3, -0.25) is 4.79 Å². The van der Waals surface area contributed by atoms with Crippen LogP contribution in [0.5, 0.6) is 5.75 Å². The number of hydrogen-bond donors (Lipinski definition) is 0. The second-order valence-electron chi connectivity index (χ2n) is 5.74. The predicted octanol–water partition coefficient (Wildman–Crippen LogP) is 0.343. The first-order valence-corrected chi connectivity index (χ1v) is 8.63. The molecule has 124 valence electrons. The fourth-order valence-corrected chi connectivity index (χ4v) is 3.54. The van der Waals surface area contributed by atoms with E-state index in [1.54, 1.807) is 11.6 Å². The van der Waals surface area contributed by atoms with Crippen LogP contribution in [0.25, 0.3) is 0 Å². The Morgan fingerprint density at radius 2 is 1.82 bits per heavy atom. The molecular weight excluding hydrogens is 306 g/mol. The summed E-state index contributed by atoms with van der Waals surface area (Å²) in [7, 11) is 1.41. The second kappa shape index (κ2) is 6.39. The van der Waals surface area contributed by atoms with Crippen molar-refractivity contribution in [2.45, 2.75) is 25.9 Å². The lowest BCUT2D eigenvalue weighted by atomic mass is 10.1. The van der Waals surface area contributed by atoms with Crippen molar-refractivity contribution in [3.63, 3.8) is 0 Å². The van der Waals surface area contributed by atoms with E-state index in [-0.39, 0.29) is 11.7 Å². The highest BCUT2D eigenvalue weighted by molar-refractivity contribution is 7.86. The van der Waals surface area contributed by atoms with Gasteiger partial charge in [-0.15, -0.1) is 0 Å². The van der Waals surface area contributed by atoms with Crippen LogP contribution in [0.4, 0.5) is 0 Å². The molecule has 0 unspecified atom stereocenters. The minimum absolute atomic E-state index is 0.0693. The van der Waals surface area contributed by atoms with Gasteiger partial charge in [0, 0.05) is 46.0 Å². The Morgan fingerprint density at radius 1 is 1.23 bits per heavy atom. The third kappa shape index (κ3) is 3.50. The van der Waals surface area contributed by atoms with Gasteiger partial charge in [0.1, 0.15) is 11.9 Å². The third-order valence-corrected chi connectivity index (χ3v) is 5.91. The Hall–Kier alpha value is -1.38. The number of piperidine rings is 1. The van der Waals surface area contributed by atoms with Gasteiger partial charge in [-0.25, -0.2) is 0 Å². The fourth-order valence-electron chi connectivity index (χ4n) is 2.41. The van der Waals surface area contributed by atoms with Gasteiger partial charge in [-0.2, -0.15) is 17.0 Å². The predicted molar refractivity (Wildman–Crippen MR) is 84.2 cm³/mol. The van der Waals surface area contributed by atoms with Crippen LogP contribution in [0.15, 0.2) is 16.9 Å². The highest BCUT2D eigenvalue weighted by Crippen LogP contribution is 2.20. The molecule has 2 rings (SSSR count). The zero-order valence-electron chi connectivity index (χ0n) is 13.4. The number of ether oxygens (including phenoxy) is 1. The molecule has 2 heterocycles. The van der Waals surface area contributed by atoms with E-state index in [1.165, 1.54) is 28.8 Å². The second-order valence-corrected chi connectivity index (χ2v) is 7.88. The summed E-state index contributed by atoms with van der Waals surface area (Å²) in [6.45, 7) is 2.70. The topological polar surface area (TPSA) is 71.8 Å². The van der Waals surface area contributed by atoms with Gasteiger partial charge in [-0.1, -0.05) is 0 Å². The molecule has 0 radical (unpaired) electrons. The summed E-state index contributed by atoms with van der Waals surface area (Å²) in [5.74, 6) is 0.550. The summed E-state index contributed by atoms with van der Waals surface area (Å²) in [6.07, 6.45) is 1.16. The minimum atomic E-state index is -3.36. The molecule has 0 N–H and O–H groups in total. The SMILES string of the molecule is Cc1cc(OC2CCN(S(=O)(=O)N(C)C)CC2)cc(=O)n1C. The van der Waals surface area contributed by atoms with Gasteiger partial charge in [-0.05, 0) is 25.8 Å². The van der Waals surface area contributed by atoms with Crippen molar-refractivity contribution in [1.29, 1.82) is 0 Å². The van der Waals surface area contributed by atoms with Gasteiger partial charge >= 0.3 is 0 Å². The Morgan fingerprint density at radius 3 is 2.32 bits per heavy atom. The molecule has 0 atom stereocenters. The van der Waals surface area contributed by atoms with Crippen LogP contribution in [0.3, 0.4) is 0 Å². The summed E-state index contributed by atoms with van der Waals surface area (Å²) >= 11 is 0. The van der Waals surface area contributed by atoms with E-state index < -0.39 is 10.2 Å². The van der Waals surface area contributed by atoms with Crippen LogP contribution >= 0.6 is 0 Å². The maximum Gasteiger partial charge on any atom is 0.281 e. The normalized spacial score (nSPS) is 17.9. The molecule has 0 saturated carbocycles. The van der Waals surface area contributed by atoms with Crippen LogP contribution in [0.2, 0.25) is 0 Å². The average Bonchev–Trinajstić information content (AvgIpc) is 2.45. The minimum Gasteiger partial charge on any atom is -0.490 e. The maximum absolute atomic E-state index is 12.0. The smallest absolute Gasteiger partial charge is 0.281 e. The quantitative estimate of drug-likeness (QED) is 0.799. The first kappa shape index (κ1) is 17.0. The highest BCUT2D eigenvalue weighted by atomic mass is 32.2. The number of rotatable bonds is 4. The molecule has 0 aromatic carbocycles. The van der Waals surface area contributed by atoms with Crippen LogP contribution in [-0.4, -0.2) is 54.9 Å². The Kier molecular flexibility index (Phi) is 4.93. The molecule has 1 aromatic rings. The lowest BCUT2D eigenvalue weighted by Crippen LogP contribution is -2.46. The summed E-state index contributed by atoms with van der Waals surface area (Å²) in [5.41, 5.74) is 0.720. The van der Waals surface area contributed by atoms with Crippen molar-refractivity contribution >= 4 is 10.2 Å². The van der Waals surface area contributed by atoms with E-state index in [4.69, 9.17) is 4.74 Å². The first-order valence-electron chi connectivity index (χ1n) is 7.23. The van der Waals surface area contributed by atoms with E-state index in [0.29, 0.717) is 31.7 Å². The van der Waals surface area contributed by atoms with Gasteiger partial charge in [0.2, 0.25) is 0 Å². The van der Waals surface area contributed by atoms with Crippen molar-refractivity contribution in [1.82, 2.24) is 13.2 Å². The largest absolute Gasteiger partial charge is 0.490 e. The van der Waals surface area contributed by atoms with Crippen molar-refractivity contribution < 1.29 is 13.2 Å². The Balaban J connectivity index is 2.00. The molecule has 22 heavy (non-hydrogen) atoms. The molecule has 1 fully saturated rings. The summed E-state index contributed by atoms with van der Waals surface area (Å²) < 4.78 is 34.2. The third-order valence-electron chi connectivity index (χ3n) is 3.97. The van der Waals surface area contributed by atoms with Gasteiger partial charge in [0.05, 0.1) is 0 Å². The first-order chi connectivity index (χ1) is 10.2. The Bertz CT molecular complexity index is 689. The molecule has 0 spiro atoms. The van der Waals surface area contributed by atoms with Crippen LogP contribution < -0.4 is 10.3 Å². The summed E-state index contributed by atoms with van der Waals surface area (Å²) in [6, 6.07) is 3.29. The zero-order chi connectivity index (χ0) is 16.5. The molecule has 1 aliphatic rings. The standard InChI is InChI=1S/C14H23N3O4S/c1-11-9-13(10-14(18)16(11)4)21-12-5-7-17(8-6-12)22(19,20)15(2)3/h9-10,12H,5-8H2,1-4H3. The molecule has 1 saturated heterocycles. The number of aryl methyl sites for hydroxylation is 1. The molecule has 0 aliphatic carbocycles. The fraction of sp³-hybridized carbons (Fsp3) is 0.643. The molecular formula is C14H23N3O4S. The Labute approximate surface area is 131 Å². The summed E-state index contributed by atoms with van der Waals surface area (Å²) in [5, 5.41) is 0. The lowest BCUT2D eigenvalue weighted by Gasteiger charge is -2.32. The number of nitrogens with zero attached hydrogens (tertiary/aromatic N) is 3.